The Morgan fingerprint density at radius 3 is 2.62 bits per heavy atom. The van der Waals surface area contributed by atoms with E-state index < -0.39 is 0 Å². The zero-order chi connectivity index (χ0) is 21.0. The molecule has 2 N–H and O–H groups in total. The van der Waals surface area contributed by atoms with Crippen LogP contribution in [0.3, 0.4) is 0 Å². The maximum atomic E-state index is 13.4. The van der Waals surface area contributed by atoms with E-state index in [0.717, 1.165) is 41.8 Å². The molecule has 0 radical (unpaired) electrons. The lowest BCUT2D eigenvalue weighted by molar-refractivity contribution is 0.0786. The SMILES string of the molecule is CCc1nc2cc(N)cc(C(=O)N(C)Cc3ccc(C)cc3)c2n1CCCOC. The number of carbonyl (C=O) groups is 1. The van der Waals surface area contributed by atoms with Crippen molar-refractivity contribution in [2.45, 2.75) is 39.8 Å². The van der Waals surface area contributed by atoms with Gasteiger partial charge < -0.3 is 19.9 Å². The second kappa shape index (κ2) is 9.09. The number of hydrogen-bond donors (Lipinski definition) is 1. The van der Waals surface area contributed by atoms with Crippen LogP contribution in [0.25, 0.3) is 11.0 Å². The molecular weight excluding hydrogens is 364 g/mol. The van der Waals surface area contributed by atoms with Gasteiger partial charge >= 0.3 is 0 Å². The normalized spacial score (nSPS) is 11.2. The Bertz CT molecular complexity index is 992. The van der Waals surface area contributed by atoms with E-state index in [-0.39, 0.29) is 5.91 Å². The van der Waals surface area contributed by atoms with E-state index in [2.05, 4.69) is 42.7 Å². The van der Waals surface area contributed by atoms with Crippen molar-refractivity contribution in [1.29, 1.82) is 0 Å². The average Bonchev–Trinajstić information content (AvgIpc) is 3.06. The second-order valence-electron chi connectivity index (χ2n) is 7.46. The van der Waals surface area contributed by atoms with Crippen molar-refractivity contribution in [3.8, 4) is 0 Å². The van der Waals surface area contributed by atoms with E-state index >= 15 is 0 Å². The molecule has 6 nitrogen and oxygen atoms in total. The highest BCUT2D eigenvalue weighted by Crippen LogP contribution is 2.26. The summed E-state index contributed by atoms with van der Waals surface area (Å²) < 4.78 is 7.35. The van der Waals surface area contributed by atoms with Gasteiger partial charge in [-0.15, -0.1) is 0 Å². The maximum Gasteiger partial charge on any atom is 0.256 e. The molecule has 1 amide bonds. The number of amides is 1. The molecule has 0 aliphatic rings. The number of fused-ring (bicyclic) bond motifs is 1. The predicted octanol–water partition coefficient (Wildman–Crippen LogP) is 3.80. The molecule has 0 unspecified atom stereocenters. The van der Waals surface area contributed by atoms with Gasteiger partial charge in [-0.1, -0.05) is 36.8 Å². The van der Waals surface area contributed by atoms with Crippen LogP contribution in [0.4, 0.5) is 5.69 Å². The zero-order valence-corrected chi connectivity index (χ0v) is 17.7. The fourth-order valence-electron chi connectivity index (χ4n) is 3.62. The Balaban J connectivity index is 1.98. The van der Waals surface area contributed by atoms with Crippen molar-refractivity contribution in [3.63, 3.8) is 0 Å². The van der Waals surface area contributed by atoms with Crippen molar-refractivity contribution in [3.05, 3.63) is 58.9 Å². The van der Waals surface area contributed by atoms with Crippen LogP contribution in [-0.4, -0.2) is 41.1 Å². The molecule has 0 aliphatic carbocycles. The number of aromatic nitrogens is 2. The van der Waals surface area contributed by atoms with Crippen molar-refractivity contribution in [2.75, 3.05) is 26.5 Å². The van der Waals surface area contributed by atoms with E-state index in [0.29, 0.717) is 24.4 Å². The summed E-state index contributed by atoms with van der Waals surface area (Å²) in [7, 11) is 3.52. The molecule has 3 rings (SSSR count). The predicted molar refractivity (Wildman–Crippen MR) is 117 cm³/mol. The smallest absolute Gasteiger partial charge is 0.256 e. The summed E-state index contributed by atoms with van der Waals surface area (Å²) in [5, 5.41) is 0. The monoisotopic (exact) mass is 394 g/mol. The van der Waals surface area contributed by atoms with Crippen LogP contribution in [0.1, 0.15) is 40.7 Å². The minimum atomic E-state index is -0.0570. The quantitative estimate of drug-likeness (QED) is 0.466. The summed E-state index contributed by atoms with van der Waals surface area (Å²) in [6.45, 7) is 6.07. The third-order valence-electron chi connectivity index (χ3n) is 5.11. The Morgan fingerprint density at radius 2 is 1.97 bits per heavy atom. The molecule has 1 aromatic heterocycles. The van der Waals surface area contributed by atoms with Gasteiger partial charge in [0.2, 0.25) is 0 Å². The van der Waals surface area contributed by atoms with Crippen LogP contribution >= 0.6 is 0 Å². The average molecular weight is 395 g/mol. The van der Waals surface area contributed by atoms with Gasteiger partial charge in [0.1, 0.15) is 5.82 Å². The first-order valence-electron chi connectivity index (χ1n) is 10.0. The van der Waals surface area contributed by atoms with E-state index in [4.69, 9.17) is 15.5 Å². The molecule has 0 saturated carbocycles. The molecule has 1 heterocycles. The van der Waals surface area contributed by atoms with E-state index in [1.54, 1.807) is 18.1 Å². The number of anilines is 1. The molecule has 0 aliphatic heterocycles. The number of carbonyl (C=O) groups excluding carboxylic acids is 1. The lowest BCUT2D eigenvalue weighted by Gasteiger charge is -2.19. The molecule has 0 saturated heterocycles. The van der Waals surface area contributed by atoms with Crippen LogP contribution in [0.15, 0.2) is 36.4 Å². The molecule has 0 atom stereocenters. The van der Waals surface area contributed by atoms with Crippen LogP contribution in [0.5, 0.6) is 0 Å². The first-order chi connectivity index (χ1) is 13.9. The summed E-state index contributed by atoms with van der Waals surface area (Å²) in [5.74, 6) is 0.898. The van der Waals surface area contributed by atoms with Gasteiger partial charge in [-0.3, -0.25) is 4.79 Å². The van der Waals surface area contributed by atoms with Gasteiger partial charge in [-0.2, -0.15) is 0 Å². The van der Waals surface area contributed by atoms with Crippen LogP contribution < -0.4 is 5.73 Å². The van der Waals surface area contributed by atoms with Crippen LogP contribution in [0, 0.1) is 6.92 Å². The van der Waals surface area contributed by atoms with Gasteiger partial charge in [0.25, 0.3) is 5.91 Å². The number of nitrogens with two attached hydrogens (primary N) is 1. The topological polar surface area (TPSA) is 73.4 Å². The molecule has 0 spiro atoms. The number of methoxy groups -OCH3 is 1. The Labute approximate surface area is 172 Å². The molecule has 0 bridgehead atoms. The number of ether oxygens (including phenoxy) is 1. The largest absolute Gasteiger partial charge is 0.399 e. The first kappa shape index (κ1) is 20.9. The number of nitrogen functional groups attached to an aromatic ring is 1. The molecular formula is C23H30N4O2. The fraction of sp³-hybridized carbons (Fsp3) is 0.391. The fourth-order valence-corrected chi connectivity index (χ4v) is 3.62. The molecule has 2 aromatic carbocycles. The van der Waals surface area contributed by atoms with Crippen LogP contribution in [-0.2, 0) is 24.2 Å². The minimum absolute atomic E-state index is 0.0570. The molecule has 154 valence electrons. The first-order valence-corrected chi connectivity index (χ1v) is 10.0. The third-order valence-corrected chi connectivity index (χ3v) is 5.11. The number of nitrogens with zero attached hydrogens (tertiary/aromatic N) is 3. The lowest BCUT2D eigenvalue weighted by Crippen LogP contribution is -2.27. The van der Waals surface area contributed by atoms with Crippen LogP contribution in [0.2, 0.25) is 0 Å². The molecule has 29 heavy (non-hydrogen) atoms. The van der Waals surface area contributed by atoms with E-state index in [1.165, 1.54) is 5.56 Å². The summed E-state index contributed by atoms with van der Waals surface area (Å²) in [6.07, 6.45) is 1.64. The maximum absolute atomic E-state index is 13.4. The van der Waals surface area contributed by atoms with Gasteiger partial charge in [0, 0.05) is 46.0 Å². The van der Waals surface area contributed by atoms with Crippen molar-refractivity contribution >= 4 is 22.6 Å². The standard InChI is InChI=1S/C23H30N4O2/c1-5-21-25-20-14-18(24)13-19(22(20)27(21)11-6-12-29-4)23(28)26(3)15-17-9-7-16(2)8-10-17/h7-10,13-14H,5-6,11-12,15,24H2,1-4H3. The lowest BCUT2D eigenvalue weighted by atomic mass is 10.1. The number of imidazole rings is 1. The number of benzene rings is 2. The van der Waals surface area contributed by atoms with E-state index in [1.807, 2.05) is 13.1 Å². The number of hydrogen-bond acceptors (Lipinski definition) is 4. The summed E-state index contributed by atoms with van der Waals surface area (Å²) in [4.78, 5) is 19.8. The van der Waals surface area contributed by atoms with Crippen molar-refractivity contribution in [1.82, 2.24) is 14.5 Å². The second-order valence-corrected chi connectivity index (χ2v) is 7.46. The molecule has 0 fully saturated rings. The number of rotatable bonds is 8. The summed E-state index contributed by atoms with van der Waals surface area (Å²) >= 11 is 0. The Morgan fingerprint density at radius 1 is 1.24 bits per heavy atom. The highest BCUT2D eigenvalue weighted by molar-refractivity contribution is 6.06. The number of aryl methyl sites for hydroxylation is 3. The minimum Gasteiger partial charge on any atom is -0.399 e. The molecule has 3 aromatic rings. The summed E-state index contributed by atoms with van der Waals surface area (Å²) in [5.41, 5.74) is 11.2. The van der Waals surface area contributed by atoms with Crippen molar-refractivity contribution in [2.24, 2.45) is 0 Å². The zero-order valence-electron chi connectivity index (χ0n) is 17.7. The summed E-state index contributed by atoms with van der Waals surface area (Å²) in [6, 6.07) is 11.8. The molecule has 6 heteroatoms. The Kier molecular flexibility index (Phi) is 6.54. The van der Waals surface area contributed by atoms with Gasteiger partial charge in [-0.25, -0.2) is 4.98 Å². The van der Waals surface area contributed by atoms with Gasteiger partial charge in [-0.05, 0) is 31.0 Å². The van der Waals surface area contributed by atoms with Gasteiger partial charge in [0.05, 0.1) is 16.6 Å². The highest BCUT2D eigenvalue weighted by Gasteiger charge is 2.21. The third kappa shape index (κ3) is 4.59. The highest BCUT2D eigenvalue weighted by atomic mass is 16.5. The van der Waals surface area contributed by atoms with E-state index in [9.17, 15) is 4.79 Å². The van der Waals surface area contributed by atoms with Crippen molar-refractivity contribution < 1.29 is 9.53 Å². The Hall–Kier alpha value is -2.86. The van der Waals surface area contributed by atoms with Gasteiger partial charge in [0.15, 0.2) is 0 Å².